The van der Waals surface area contributed by atoms with Gasteiger partial charge in [-0.05, 0) is 30.2 Å². The molecule has 0 fully saturated rings. The highest BCUT2D eigenvalue weighted by atomic mass is 19.1. The van der Waals surface area contributed by atoms with E-state index in [2.05, 4.69) is 6.92 Å². The molecule has 0 aliphatic heterocycles. The van der Waals surface area contributed by atoms with Crippen LogP contribution in [0, 0.1) is 5.82 Å². The Kier molecular flexibility index (Phi) is 6.82. The van der Waals surface area contributed by atoms with Crippen molar-refractivity contribution >= 4 is 12.0 Å². The van der Waals surface area contributed by atoms with Crippen LogP contribution in [0.25, 0.3) is 6.08 Å². The summed E-state index contributed by atoms with van der Waals surface area (Å²) in [6.07, 6.45) is 5.46. The lowest BCUT2D eigenvalue weighted by Gasteiger charge is -2.05. The smallest absolute Gasteiger partial charge is 0.328 e. The maximum Gasteiger partial charge on any atom is 0.328 e. The molecule has 4 heteroatoms. The fraction of sp³-hybridized carbons (Fsp3) is 0.400. The van der Waals surface area contributed by atoms with Crippen LogP contribution >= 0.6 is 0 Å². The molecule has 1 N–H and O–H groups in total. The molecule has 0 bridgehead atoms. The third-order valence-electron chi connectivity index (χ3n) is 2.63. The lowest BCUT2D eigenvalue weighted by Crippen LogP contribution is -1.97. The molecule has 1 aromatic carbocycles. The van der Waals surface area contributed by atoms with Crippen LogP contribution in [0.5, 0.6) is 0 Å². The molecule has 1 aromatic rings. The molecule has 0 spiro atoms. The zero-order valence-corrected chi connectivity index (χ0v) is 11.1. The van der Waals surface area contributed by atoms with Crippen molar-refractivity contribution in [2.75, 3.05) is 6.61 Å². The second-order valence-electron chi connectivity index (χ2n) is 4.29. The van der Waals surface area contributed by atoms with Gasteiger partial charge in [-0.1, -0.05) is 25.8 Å². The number of carboxylic acid groups (broad SMARTS) is 1. The first-order valence-electron chi connectivity index (χ1n) is 6.40. The number of carbonyl (C=O) groups is 1. The summed E-state index contributed by atoms with van der Waals surface area (Å²) < 4.78 is 18.9. The summed E-state index contributed by atoms with van der Waals surface area (Å²) in [5, 5.41) is 8.52. The van der Waals surface area contributed by atoms with Gasteiger partial charge in [0.2, 0.25) is 0 Å². The van der Waals surface area contributed by atoms with E-state index in [1.54, 1.807) is 12.1 Å². The van der Waals surface area contributed by atoms with E-state index in [0.29, 0.717) is 13.2 Å². The van der Waals surface area contributed by atoms with Crippen molar-refractivity contribution in [1.29, 1.82) is 0 Å². The molecule has 0 unspecified atom stereocenters. The first-order chi connectivity index (χ1) is 9.13. The number of rotatable bonds is 8. The van der Waals surface area contributed by atoms with Crippen LogP contribution in [0.3, 0.4) is 0 Å². The number of unbranched alkanes of at least 4 members (excludes halogenated alkanes) is 2. The van der Waals surface area contributed by atoms with Gasteiger partial charge < -0.3 is 9.84 Å². The summed E-state index contributed by atoms with van der Waals surface area (Å²) in [6.45, 7) is 3.23. The van der Waals surface area contributed by atoms with E-state index < -0.39 is 11.8 Å². The second-order valence-corrected chi connectivity index (χ2v) is 4.29. The highest BCUT2D eigenvalue weighted by Crippen LogP contribution is 2.13. The van der Waals surface area contributed by atoms with Crippen LogP contribution < -0.4 is 0 Å². The number of benzene rings is 1. The first kappa shape index (κ1) is 15.4. The van der Waals surface area contributed by atoms with Gasteiger partial charge >= 0.3 is 5.97 Å². The van der Waals surface area contributed by atoms with Crippen LogP contribution in [-0.4, -0.2) is 17.7 Å². The third kappa shape index (κ3) is 6.15. The van der Waals surface area contributed by atoms with Gasteiger partial charge in [0.25, 0.3) is 0 Å². The average Bonchev–Trinajstić information content (AvgIpc) is 2.38. The van der Waals surface area contributed by atoms with E-state index in [1.807, 2.05) is 0 Å². The Bertz CT molecular complexity index is 441. The Balaban J connectivity index is 2.55. The molecule has 0 amide bonds. The van der Waals surface area contributed by atoms with Crippen LogP contribution in [-0.2, 0) is 16.1 Å². The minimum absolute atomic E-state index is 0.261. The Morgan fingerprint density at radius 1 is 1.42 bits per heavy atom. The Hall–Kier alpha value is -1.68. The van der Waals surface area contributed by atoms with Crippen molar-refractivity contribution in [2.45, 2.75) is 32.8 Å². The van der Waals surface area contributed by atoms with Crippen molar-refractivity contribution in [3.05, 3.63) is 41.2 Å². The summed E-state index contributed by atoms with van der Waals surface area (Å²) in [7, 11) is 0. The Labute approximate surface area is 112 Å². The Morgan fingerprint density at radius 3 is 2.89 bits per heavy atom. The maximum atomic E-state index is 13.4. The van der Waals surface area contributed by atoms with E-state index >= 15 is 0 Å². The van der Waals surface area contributed by atoms with Gasteiger partial charge in [-0.3, -0.25) is 0 Å². The molecule has 0 atom stereocenters. The minimum atomic E-state index is -1.10. The summed E-state index contributed by atoms with van der Waals surface area (Å²) in [5.41, 5.74) is 1.10. The van der Waals surface area contributed by atoms with E-state index in [9.17, 15) is 9.18 Å². The fourth-order valence-electron chi connectivity index (χ4n) is 1.62. The van der Waals surface area contributed by atoms with E-state index in [4.69, 9.17) is 9.84 Å². The predicted molar refractivity (Wildman–Crippen MR) is 72.3 cm³/mol. The highest BCUT2D eigenvalue weighted by molar-refractivity contribution is 5.85. The van der Waals surface area contributed by atoms with Gasteiger partial charge in [0.15, 0.2) is 0 Å². The zero-order chi connectivity index (χ0) is 14.1. The van der Waals surface area contributed by atoms with E-state index in [0.717, 1.165) is 30.9 Å². The van der Waals surface area contributed by atoms with Crippen molar-refractivity contribution in [2.24, 2.45) is 0 Å². The predicted octanol–water partition coefficient (Wildman–Crippen LogP) is 3.63. The number of halogens is 1. The molecular weight excluding hydrogens is 247 g/mol. The summed E-state index contributed by atoms with van der Waals surface area (Å²) in [6, 6.07) is 4.58. The molecule has 0 aliphatic rings. The SMILES string of the molecule is CCCCCOCc1ccc(F)c(/C=C/C(=O)O)c1. The average molecular weight is 266 g/mol. The van der Waals surface area contributed by atoms with Gasteiger partial charge in [0, 0.05) is 18.2 Å². The summed E-state index contributed by atoms with van der Waals surface area (Å²) in [4.78, 5) is 10.4. The lowest BCUT2D eigenvalue weighted by atomic mass is 10.1. The quantitative estimate of drug-likeness (QED) is 0.577. The number of hydrogen-bond donors (Lipinski definition) is 1. The van der Waals surface area contributed by atoms with Crippen LogP contribution in [0.4, 0.5) is 4.39 Å². The van der Waals surface area contributed by atoms with Gasteiger partial charge in [0.1, 0.15) is 5.82 Å². The van der Waals surface area contributed by atoms with Crippen LogP contribution in [0.2, 0.25) is 0 Å². The number of hydrogen-bond acceptors (Lipinski definition) is 2. The second kappa shape index (κ2) is 8.43. The fourth-order valence-corrected chi connectivity index (χ4v) is 1.62. The van der Waals surface area contributed by atoms with Gasteiger partial charge in [-0.2, -0.15) is 0 Å². The standard InChI is InChI=1S/C15H19FO3/c1-2-3-4-9-19-11-12-5-7-14(16)13(10-12)6-8-15(17)18/h5-8,10H,2-4,9,11H2,1H3,(H,17,18)/b8-6+. The molecule has 0 saturated carbocycles. The highest BCUT2D eigenvalue weighted by Gasteiger charge is 2.02. The molecule has 1 rings (SSSR count). The molecule has 3 nitrogen and oxygen atoms in total. The normalized spacial score (nSPS) is 11.1. The monoisotopic (exact) mass is 266 g/mol. The number of aliphatic carboxylic acids is 1. The molecule has 104 valence electrons. The topological polar surface area (TPSA) is 46.5 Å². The molecular formula is C15H19FO3. The maximum absolute atomic E-state index is 13.4. The summed E-state index contributed by atoms with van der Waals surface area (Å²) >= 11 is 0. The molecule has 0 saturated heterocycles. The number of carboxylic acids is 1. The van der Waals surface area contributed by atoms with Crippen molar-refractivity contribution in [3.63, 3.8) is 0 Å². The molecule has 0 heterocycles. The van der Waals surface area contributed by atoms with Crippen molar-refractivity contribution in [3.8, 4) is 0 Å². The van der Waals surface area contributed by atoms with Crippen LogP contribution in [0.1, 0.15) is 37.3 Å². The van der Waals surface area contributed by atoms with Gasteiger partial charge in [-0.25, -0.2) is 9.18 Å². The van der Waals surface area contributed by atoms with E-state index in [1.165, 1.54) is 12.1 Å². The lowest BCUT2D eigenvalue weighted by molar-refractivity contribution is -0.131. The van der Waals surface area contributed by atoms with Gasteiger partial charge in [0.05, 0.1) is 6.61 Å². The van der Waals surface area contributed by atoms with Crippen LogP contribution in [0.15, 0.2) is 24.3 Å². The zero-order valence-electron chi connectivity index (χ0n) is 11.1. The third-order valence-corrected chi connectivity index (χ3v) is 2.63. The molecule has 19 heavy (non-hydrogen) atoms. The first-order valence-corrected chi connectivity index (χ1v) is 6.40. The largest absolute Gasteiger partial charge is 0.478 e. The molecule has 0 aromatic heterocycles. The van der Waals surface area contributed by atoms with E-state index in [-0.39, 0.29) is 5.56 Å². The van der Waals surface area contributed by atoms with Gasteiger partial charge in [-0.15, -0.1) is 0 Å². The Morgan fingerprint density at radius 2 is 2.21 bits per heavy atom. The molecule has 0 aliphatic carbocycles. The minimum Gasteiger partial charge on any atom is -0.478 e. The summed E-state index contributed by atoms with van der Waals surface area (Å²) in [5.74, 6) is -1.53. The van der Waals surface area contributed by atoms with Crippen molar-refractivity contribution in [1.82, 2.24) is 0 Å². The molecule has 0 radical (unpaired) electrons. The van der Waals surface area contributed by atoms with Crippen molar-refractivity contribution < 1.29 is 19.0 Å². The number of ether oxygens (including phenoxy) is 1.